The van der Waals surface area contributed by atoms with E-state index in [1.54, 1.807) is 12.1 Å². The normalized spacial score (nSPS) is 17.8. The summed E-state index contributed by atoms with van der Waals surface area (Å²) in [7, 11) is 0. The van der Waals surface area contributed by atoms with Gasteiger partial charge in [0.1, 0.15) is 0 Å². The SMILES string of the molecule is O=C(O)C1CCN(C(=O)c2cc3cc([N+](=O)[O-])ccc3s2)C1. The number of nitro benzene ring substituents is 1. The second kappa shape index (κ2) is 5.38. The van der Waals surface area contributed by atoms with Gasteiger partial charge in [-0.05, 0) is 18.6 Å². The van der Waals surface area contributed by atoms with Crippen molar-refractivity contribution in [1.82, 2.24) is 4.90 Å². The van der Waals surface area contributed by atoms with Gasteiger partial charge in [-0.3, -0.25) is 19.7 Å². The molecule has 1 atom stereocenters. The number of rotatable bonds is 3. The minimum absolute atomic E-state index is 0.0172. The molecule has 8 heteroatoms. The first kappa shape index (κ1) is 14.5. The fourth-order valence-electron chi connectivity index (χ4n) is 2.55. The fourth-order valence-corrected chi connectivity index (χ4v) is 3.56. The van der Waals surface area contributed by atoms with Crippen LogP contribution in [0.4, 0.5) is 5.69 Å². The molecule has 0 spiro atoms. The Kier molecular flexibility index (Phi) is 3.53. The van der Waals surface area contributed by atoms with Crippen molar-refractivity contribution in [1.29, 1.82) is 0 Å². The molecule has 2 aromatic rings. The summed E-state index contributed by atoms with van der Waals surface area (Å²) in [5.41, 5.74) is -0.0172. The standard InChI is InChI=1S/C14H12N2O5S/c17-13(15-4-3-8(7-15)14(18)19)12-6-9-5-10(16(20)21)1-2-11(9)22-12/h1-2,5-6,8H,3-4,7H2,(H,18,19). The first-order valence-corrected chi connectivity index (χ1v) is 7.47. The third-order valence-electron chi connectivity index (χ3n) is 3.75. The minimum Gasteiger partial charge on any atom is -0.481 e. The first-order valence-electron chi connectivity index (χ1n) is 6.66. The zero-order valence-electron chi connectivity index (χ0n) is 11.4. The van der Waals surface area contributed by atoms with Crippen LogP contribution in [0.2, 0.25) is 0 Å². The van der Waals surface area contributed by atoms with Gasteiger partial charge in [0.25, 0.3) is 11.6 Å². The molecule has 1 N–H and O–H groups in total. The molecular weight excluding hydrogens is 308 g/mol. The molecule has 0 aliphatic carbocycles. The average Bonchev–Trinajstić information content (AvgIpc) is 3.12. The van der Waals surface area contributed by atoms with Crippen molar-refractivity contribution in [3.05, 3.63) is 39.3 Å². The molecular formula is C14H12N2O5S. The van der Waals surface area contributed by atoms with Crippen molar-refractivity contribution in [2.75, 3.05) is 13.1 Å². The number of aliphatic carboxylic acids is 1. The minimum atomic E-state index is -0.887. The Morgan fingerprint density at radius 3 is 2.77 bits per heavy atom. The Labute approximate surface area is 128 Å². The van der Waals surface area contributed by atoms with E-state index in [2.05, 4.69) is 0 Å². The van der Waals surface area contributed by atoms with Gasteiger partial charge in [-0.25, -0.2) is 0 Å². The van der Waals surface area contributed by atoms with Crippen LogP contribution in [-0.2, 0) is 4.79 Å². The quantitative estimate of drug-likeness (QED) is 0.691. The Morgan fingerprint density at radius 1 is 1.36 bits per heavy atom. The van der Waals surface area contributed by atoms with E-state index < -0.39 is 16.8 Å². The number of non-ortho nitro benzene ring substituents is 1. The highest BCUT2D eigenvalue weighted by Crippen LogP contribution is 2.30. The highest BCUT2D eigenvalue weighted by atomic mass is 32.1. The number of likely N-dealkylation sites (tertiary alicyclic amines) is 1. The van der Waals surface area contributed by atoms with Crippen molar-refractivity contribution in [3.63, 3.8) is 0 Å². The lowest BCUT2D eigenvalue weighted by Crippen LogP contribution is -2.29. The maximum atomic E-state index is 12.4. The van der Waals surface area contributed by atoms with Gasteiger partial charge in [-0.1, -0.05) is 0 Å². The highest BCUT2D eigenvalue weighted by Gasteiger charge is 2.31. The molecule has 7 nitrogen and oxygen atoms in total. The smallest absolute Gasteiger partial charge is 0.308 e. The van der Waals surface area contributed by atoms with E-state index in [0.717, 1.165) is 4.70 Å². The lowest BCUT2D eigenvalue weighted by molar-refractivity contribution is -0.384. The summed E-state index contributed by atoms with van der Waals surface area (Å²) in [5.74, 6) is -1.62. The summed E-state index contributed by atoms with van der Waals surface area (Å²) in [6.45, 7) is 0.632. The topological polar surface area (TPSA) is 101 Å². The maximum absolute atomic E-state index is 12.4. The lowest BCUT2D eigenvalue weighted by atomic mass is 10.1. The third kappa shape index (κ3) is 2.52. The molecule has 3 rings (SSSR count). The number of fused-ring (bicyclic) bond motifs is 1. The number of nitrogens with zero attached hydrogens (tertiary/aromatic N) is 2. The van der Waals surface area contributed by atoms with Crippen molar-refractivity contribution in [2.24, 2.45) is 5.92 Å². The summed E-state index contributed by atoms with van der Waals surface area (Å²) >= 11 is 1.26. The van der Waals surface area contributed by atoms with Crippen LogP contribution in [0, 0.1) is 16.0 Å². The largest absolute Gasteiger partial charge is 0.481 e. The summed E-state index contributed by atoms with van der Waals surface area (Å²) < 4.78 is 0.794. The van der Waals surface area contributed by atoms with Gasteiger partial charge in [0.15, 0.2) is 0 Å². The molecule has 2 heterocycles. The predicted molar refractivity (Wildman–Crippen MR) is 80.1 cm³/mol. The number of hydrogen-bond donors (Lipinski definition) is 1. The third-order valence-corrected chi connectivity index (χ3v) is 4.85. The number of amides is 1. The van der Waals surface area contributed by atoms with E-state index in [0.29, 0.717) is 23.2 Å². The van der Waals surface area contributed by atoms with Crippen molar-refractivity contribution in [3.8, 4) is 0 Å². The number of nitro groups is 1. The van der Waals surface area contributed by atoms with Crippen LogP contribution < -0.4 is 0 Å². The van der Waals surface area contributed by atoms with Crippen LogP contribution >= 0.6 is 11.3 Å². The molecule has 1 aromatic heterocycles. The zero-order valence-corrected chi connectivity index (χ0v) is 12.2. The first-order chi connectivity index (χ1) is 10.5. The van der Waals surface area contributed by atoms with Gasteiger partial charge in [-0.15, -0.1) is 11.3 Å². The molecule has 0 radical (unpaired) electrons. The number of benzene rings is 1. The van der Waals surface area contributed by atoms with Gasteiger partial charge in [0.2, 0.25) is 0 Å². The molecule has 0 saturated carbocycles. The number of thiophene rings is 1. The molecule has 1 aromatic carbocycles. The Balaban J connectivity index is 1.85. The molecule has 1 saturated heterocycles. The average molecular weight is 320 g/mol. The van der Waals surface area contributed by atoms with E-state index in [9.17, 15) is 19.7 Å². The summed E-state index contributed by atoms with van der Waals surface area (Å²) in [5, 5.41) is 20.4. The summed E-state index contributed by atoms with van der Waals surface area (Å²) in [4.78, 5) is 35.7. The predicted octanol–water partition coefficient (Wildman–Crippen LogP) is 2.36. The zero-order chi connectivity index (χ0) is 15.9. The fraction of sp³-hybridized carbons (Fsp3) is 0.286. The molecule has 22 heavy (non-hydrogen) atoms. The Morgan fingerprint density at radius 2 is 2.14 bits per heavy atom. The van der Waals surface area contributed by atoms with Gasteiger partial charge in [0, 0.05) is 35.3 Å². The second-order valence-corrected chi connectivity index (χ2v) is 6.25. The van der Waals surface area contributed by atoms with E-state index in [-0.39, 0.29) is 18.1 Å². The van der Waals surface area contributed by atoms with E-state index >= 15 is 0 Å². The monoisotopic (exact) mass is 320 g/mol. The molecule has 114 valence electrons. The highest BCUT2D eigenvalue weighted by molar-refractivity contribution is 7.20. The number of carbonyl (C=O) groups excluding carboxylic acids is 1. The van der Waals surface area contributed by atoms with Crippen LogP contribution in [0.5, 0.6) is 0 Å². The number of carboxylic acid groups (broad SMARTS) is 1. The van der Waals surface area contributed by atoms with Crippen LogP contribution in [0.15, 0.2) is 24.3 Å². The summed E-state index contributed by atoms with van der Waals surface area (Å²) in [6.07, 6.45) is 0.456. The summed E-state index contributed by atoms with van der Waals surface area (Å²) in [6, 6.07) is 6.10. The lowest BCUT2D eigenvalue weighted by Gasteiger charge is -2.14. The van der Waals surface area contributed by atoms with E-state index in [1.807, 2.05) is 0 Å². The van der Waals surface area contributed by atoms with E-state index in [1.165, 1.54) is 28.4 Å². The van der Waals surface area contributed by atoms with Crippen molar-refractivity contribution >= 4 is 39.0 Å². The molecule has 1 amide bonds. The molecule has 1 fully saturated rings. The number of carboxylic acids is 1. The van der Waals surface area contributed by atoms with Crippen molar-refractivity contribution < 1.29 is 19.6 Å². The molecule has 0 bridgehead atoms. The van der Waals surface area contributed by atoms with Crippen LogP contribution in [-0.4, -0.2) is 39.9 Å². The van der Waals surface area contributed by atoms with Gasteiger partial charge in [0.05, 0.1) is 15.7 Å². The number of carbonyl (C=O) groups is 2. The number of hydrogen-bond acceptors (Lipinski definition) is 5. The molecule has 1 aliphatic rings. The van der Waals surface area contributed by atoms with E-state index in [4.69, 9.17) is 5.11 Å². The Bertz CT molecular complexity index is 785. The van der Waals surface area contributed by atoms with Gasteiger partial charge in [-0.2, -0.15) is 0 Å². The van der Waals surface area contributed by atoms with Crippen LogP contribution in [0.1, 0.15) is 16.1 Å². The maximum Gasteiger partial charge on any atom is 0.308 e. The van der Waals surface area contributed by atoms with Crippen LogP contribution in [0.25, 0.3) is 10.1 Å². The van der Waals surface area contributed by atoms with Crippen LogP contribution in [0.3, 0.4) is 0 Å². The Hall–Kier alpha value is -2.48. The molecule has 1 unspecified atom stereocenters. The van der Waals surface area contributed by atoms with Gasteiger partial charge >= 0.3 is 5.97 Å². The second-order valence-electron chi connectivity index (χ2n) is 5.16. The molecule has 1 aliphatic heterocycles. The van der Waals surface area contributed by atoms with Gasteiger partial charge < -0.3 is 10.0 Å². The van der Waals surface area contributed by atoms with Crippen molar-refractivity contribution in [2.45, 2.75) is 6.42 Å².